The molecule has 0 heterocycles. The van der Waals surface area contributed by atoms with Crippen LogP contribution in [0, 0.1) is 22.7 Å². The largest absolute Gasteiger partial charge is 0.355 e. The summed E-state index contributed by atoms with van der Waals surface area (Å²) < 4.78 is 0. The van der Waals surface area contributed by atoms with Crippen LogP contribution in [0.15, 0.2) is 0 Å². The summed E-state index contributed by atoms with van der Waals surface area (Å²) in [7, 11) is 0. The van der Waals surface area contributed by atoms with Gasteiger partial charge in [0.25, 0.3) is 0 Å². The third kappa shape index (κ3) is 2.71. The Morgan fingerprint density at radius 1 is 1.53 bits per heavy atom. The summed E-state index contributed by atoms with van der Waals surface area (Å²) >= 11 is 0. The molecule has 1 rings (SSSR count). The Morgan fingerprint density at radius 3 is 2.67 bits per heavy atom. The van der Waals surface area contributed by atoms with Crippen molar-refractivity contribution in [2.75, 3.05) is 6.54 Å². The summed E-state index contributed by atoms with van der Waals surface area (Å²) in [5, 5.41) is 11.9. The number of nitrogens with one attached hydrogen (secondary N) is 1. The monoisotopic (exact) mass is 208 g/mol. The molecule has 1 fully saturated rings. The number of hydrogen-bond donors (Lipinski definition) is 1. The molecule has 0 radical (unpaired) electrons. The first-order valence-electron chi connectivity index (χ1n) is 5.84. The molecule has 1 aliphatic carbocycles. The lowest BCUT2D eigenvalue weighted by Gasteiger charge is -2.39. The molecule has 0 saturated heterocycles. The molecule has 15 heavy (non-hydrogen) atoms. The molecule has 1 N–H and O–H groups in total. The van der Waals surface area contributed by atoms with Crippen LogP contribution in [0.1, 0.15) is 46.0 Å². The molecule has 3 heteroatoms. The molecule has 0 aromatic heterocycles. The number of nitrogens with zero attached hydrogens (tertiary/aromatic N) is 1. The Kier molecular flexibility index (Phi) is 4.14. The van der Waals surface area contributed by atoms with Gasteiger partial charge in [-0.1, -0.05) is 26.7 Å². The highest BCUT2D eigenvalue weighted by Gasteiger charge is 2.48. The third-order valence-electron chi connectivity index (χ3n) is 3.11. The molecule has 1 aliphatic rings. The molecule has 84 valence electrons. The molecule has 0 aromatic rings. The maximum Gasteiger partial charge on any atom is 0.240 e. The number of carbonyl (C=O) groups is 1. The van der Waals surface area contributed by atoms with Gasteiger partial charge < -0.3 is 5.32 Å². The van der Waals surface area contributed by atoms with Crippen LogP contribution in [0.3, 0.4) is 0 Å². The number of rotatable bonds is 5. The van der Waals surface area contributed by atoms with E-state index in [4.69, 9.17) is 5.26 Å². The van der Waals surface area contributed by atoms with Crippen molar-refractivity contribution in [1.82, 2.24) is 5.32 Å². The van der Waals surface area contributed by atoms with Gasteiger partial charge in [-0.15, -0.1) is 0 Å². The van der Waals surface area contributed by atoms with Gasteiger partial charge in [0.1, 0.15) is 5.41 Å². The Hall–Kier alpha value is -1.04. The van der Waals surface area contributed by atoms with Gasteiger partial charge in [0, 0.05) is 6.54 Å². The van der Waals surface area contributed by atoms with E-state index in [1.807, 2.05) is 0 Å². The second kappa shape index (κ2) is 5.16. The highest BCUT2D eigenvalue weighted by Crippen LogP contribution is 2.44. The zero-order valence-electron chi connectivity index (χ0n) is 9.68. The van der Waals surface area contributed by atoms with Gasteiger partial charge in [-0.25, -0.2) is 0 Å². The normalized spacial score (nSPS) is 29.0. The minimum Gasteiger partial charge on any atom is -0.355 e. The summed E-state index contributed by atoms with van der Waals surface area (Å²) in [6.07, 6.45) is 4.75. The van der Waals surface area contributed by atoms with E-state index in [2.05, 4.69) is 25.2 Å². The molecule has 3 nitrogen and oxygen atoms in total. The summed E-state index contributed by atoms with van der Waals surface area (Å²) in [6, 6.07) is 2.17. The maximum absolute atomic E-state index is 11.8. The Balaban J connectivity index is 2.30. The molecule has 0 spiro atoms. The summed E-state index contributed by atoms with van der Waals surface area (Å²) in [5.74, 6) is 0.463. The van der Waals surface area contributed by atoms with Gasteiger partial charge in [-0.3, -0.25) is 4.79 Å². The van der Waals surface area contributed by atoms with Crippen LogP contribution in [0.25, 0.3) is 0 Å². The van der Waals surface area contributed by atoms with Gasteiger partial charge in [-0.2, -0.15) is 5.26 Å². The van der Waals surface area contributed by atoms with Crippen molar-refractivity contribution in [3.05, 3.63) is 0 Å². The van der Waals surface area contributed by atoms with E-state index in [0.717, 1.165) is 32.1 Å². The van der Waals surface area contributed by atoms with Crippen LogP contribution in [0.5, 0.6) is 0 Å². The fraction of sp³-hybridized carbons (Fsp3) is 0.833. The van der Waals surface area contributed by atoms with Gasteiger partial charge in [-0.05, 0) is 25.2 Å². The van der Waals surface area contributed by atoms with Gasteiger partial charge in [0.15, 0.2) is 0 Å². The molecule has 0 aromatic carbocycles. The summed E-state index contributed by atoms with van der Waals surface area (Å²) in [4.78, 5) is 11.8. The van der Waals surface area contributed by atoms with Crippen molar-refractivity contribution < 1.29 is 4.79 Å². The fourth-order valence-corrected chi connectivity index (χ4v) is 2.20. The number of hydrogen-bond acceptors (Lipinski definition) is 2. The van der Waals surface area contributed by atoms with Crippen LogP contribution < -0.4 is 5.32 Å². The maximum atomic E-state index is 11.8. The first-order valence-corrected chi connectivity index (χ1v) is 5.84. The zero-order valence-corrected chi connectivity index (χ0v) is 9.68. The van der Waals surface area contributed by atoms with Gasteiger partial charge in [0.2, 0.25) is 5.91 Å². The second-order valence-corrected chi connectivity index (χ2v) is 4.67. The van der Waals surface area contributed by atoms with Crippen LogP contribution >= 0.6 is 0 Å². The predicted octanol–water partition coefficient (Wildman–Crippen LogP) is 2.23. The molecule has 0 unspecified atom stereocenters. The summed E-state index contributed by atoms with van der Waals surface area (Å²) in [6.45, 7) is 4.93. The van der Waals surface area contributed by atoms with Gasteiger partial charge in [0.05, 0.1) is 6.07 Å². The van der Waals surface area contributed by atoms with Crippen LogP contribution in [0.2, 0.25) is 0 Å². The van der Waals surface area contributed by atoms with E-state index in [9.17, 15) is 4.79 Å². The number of carbonyl (C=O) groups excluding carboxylic acids is 1. The molecule has 0 atom stereocenters. The topological polar surface area (TPSA) is 52.9 Å². The number of nitriles is 1. The van der Waals surface area contributed by atoms with Crippen molar-refractivity contribution >= 4 is 5.91 Å². The number of unbranched alkanes of at least 4 members (excludes halogenated alkanes) is 2. The molecule has 0 bridgehead atoms. The molecular formula is C12H20N2O. The van der Waals surface area contributed by atoms with E-state index in [-0.39, 0.29) is 5.91 Å². The molecule has 1 amide bonds. The average Bonchev–Trinajstić information content (AvgIpc) is 2.19. The van der Waals surface area contributed by atoms with Crippen molar-refractivity contribution in [2.45, 2.75) is 46.0 Å². The minimum atomic E-state index is -0.703. The second-order valence-electron chi connectivity index (χ2n) is 4.67. The average molecular weight is 208 g/mol. The third-order valence-corrected chi connectivity index (χ3v) is 3.11. The quantitative estimate of drug-likeness (QED) is 0.704. The molecule has 0 aliphatic heterocycles. The van der Waals surface area contributed by atoms with Crippen molar-refractivity contribution in [1.29, 1.82) is 5.26 Å². The lowest BCUT2D eigenvalue weighted by Crippen LogP contribution is -2.48. The van der Waals surface area contributed by atoms with E-state index >= 15 is 0 Å². The Morgan fingerprint density at radius 2 is 2.20 bits per heavy atom. The Bertz CT molecular complexity index is 261. The van der Waals surface area contributed by atoms with Crippen molar-refractivity contribution in [2.24, 2.45) is 11.3 Å². The smallest absolute Gasteiger partial charge is 0.240 e. The van der Waals surface area contributed by atoms with Crippen molar-refractivity contribution in [3.8, 4) is 6.07 Å². The summed E-state index contributed by atoms with van der Waals surface area (Å²) in [5.41, 5.74) is -0.703. The fourth-order valence-electron chi connectivity index (χ4n) is 2.20. The van der Waals surface area contributed by atoms with E-state index in [1.165, 1.54) is 0 Å². The highest BCUT2D eigenvalue weighted by atomic mass is 16.2. The first-order chi connectivity index (χ1) is 7.14. The number of amides is 1. The lowest BCUT2D eigenvalue weighted by atomic mass is 9.63. The van der Waals surface area contributed by atoms with E-state index < -0.39 is 5.41 Å². The molecular weight excluding hydrogens is 188 g/mol. The predicted molar refractivity (Wildman–Crippen MR) is 59.0 cm³/mol. The van der Waals surface area contributed by atoms with Crippen LogP contribution in [-0.2, 0) is 4.79 Å². The van der Waals surface area contributed by atoms with Crippen LogP contribution in [0.4, 0.5) is 0 Å². The first kappa shape index (κ1) is 12.0. The zero-order chi connectivity index (χ0) is 11.3. The van der Waals surface area contributed by atoms with Gasteiger partial charge >= 0.3 is 0 Å². The SMILES string of the molecule is CCCCCNC(=O)C1(C#N)CC(C)C1. The highest BCUT2D eigenvalue weighted by molar-refractivity contribution is 5.86. The van der Waals surface area contributed by atoms with E-state index in [1.54, 1.807) is 0 Å². The van der Waals surface area contributed by atoms with Crippen LogP contribution in [-0.4, -0.2) is 12.5 Å². The lowest BCUT2D eigenvalue weighted by molar-refractivity contribution is -0.133. The van der Waals surface area contributed by atoms with Crippen molar-refractivity contribution in [3.63, 3.8) is 0 Å². The Labute approximate surface area is 91.9 Å². The van der Waals surface area contributed by atoms with E-state index in [0.29, 0.717) is 12.5 Å². The standard InChI is InChI=1S/C12H20N2O/c1-3-4-5-6-14-11(15)12(9-13)7-10(2)8-12/h10H,3-8H2,1-2H3,(H,14,15). The minimum absolute atomic E-state index is 0.0563. The molecule has 1 saturated carbocycles.